The Morgan fingerprint density at radius 3 is 2.91 bits per heavy atom. The molecule has 2 unspecified atom stereocenters. The zero-order chi connectivity index (χ0) is 8.27. The predicted octanol–water partition coefficient (Wildman–Crippen LogP) is 0.0543. The fraction of sp³-hybridized carbons (Fsp3) is 1.00. The molecule has 0 aromatic rings. The summed E-state index contributed by atoms with van der Waals surface area (Å²) in [6.07, 6.45) is 0.256. The molecule has 0 aromatic heterocycles. The largest absolute Gasteiger partial charge is 0.374 e. The highest BCUT2D eigenvalue weighted by Gasteiger charge is 2.23. The van der Waals surface area contributed by atoms with Crippen molar-refractivity contribution in [3.05, 3.63) is 0 Å². The first kappa shape index (κ1) is 8.97. The van der Waals surface area contributed by atoms with E-state index in [0.29, 0.717) is 12.6 Å². The quantitative estimate of drug-likeness (QED) is 0.617. The molecule has 3 heteroatoms. The van der Waals surface area contributed by atoms with Crippen LogP contribution in [-0.2, 0) is 4.74 Å². The number of ether oxygens (including phenoxy) is 1. The van der Waals surface area contributed by atoms with Crippen LogP contribution in [-0.4, -0.2) is 43.3 Å². The molecule has 11 heavy (non-hydrogen) atoms. The first-order valence-corrected chi connectivity index (χ1v) is 4.33. The molecule has 1 saturated heterocycles. The Hall–Kier alpha value is -0.120. The first-order valence-electron chi connectivity index (χ1n) is 4.33. The van der Waals surface area contributed by atoms with Crippen LogP contribution in [0.25, 0.3) is 0 Å². The molecule has 0 aromatic carbocycles. The van der Waals surface area contributed by atoms with E-state index >= 15 is 0 Å². The van der Waals surface area contributed by atoms with E-state index < -0.39 is 0 Å². The minimum absolute atomic E-state index is 0.256. The molecule has 1 rings (SSSR count). The summed E-state index contributed by atoms with van der Waals surface area (Å²) in [4.78, 5) is 2.40. The molecule has 0 saturated carbocycles. The molecule has 0 radical (unpaired) electrons. The summed E-state index contributed by atoms with van der Waals surface area (Å²) in [5.74, 6) is 0. The lowest BCUT2D eigenvalue weighted by molar-refractivity contribution is -0.0513. The van der Waals surface area contributed by atoms with Gasteiger partial charge < -0.3 is 10.5 Å². The van der Waals surface area contributed by atoms with E-state index in [1.54, 1.807) is 0 Å². The van der Waals surface area contributed by atoms with Gasteiger partial charge in [-0.05, 0) is 13.5 Å². The molecule has 2 N–H and O–H groups in total. The Morgan fingerprint density at radius 2 is 2.36 bits per heavy atom. The van der Waals surface area contributed by atoms with Gasteiger partial charge in [-0.25, -0.2) is 0 Å². The van der Waals surface area contributed by atoms with Crippen molar-refractivity contribution in [2.24, 2.45) is 5.73 Å². The fourth-order valence-electron chi connectivity index (χ4n) is 1.46. The van der Waals surface area contributed by atoms with E-state index in [9.17, 15) is 0 Å². The Balaban J connectivity index is 2.37. The van der Waals surface area contributed by atoms with Crippen molar-refractivity contribution >= 4 is 0 Å². The van der Waals surface area contributed by atoms with E-state index in [2.05, 4.69) is 18.7 Å². The second-order valence-electron chi connectivity index (χ2n) is 3.13. The number of hydrogen-bond acceptors (Lipinski definition) is 3. The molecule has 1 aliphatic heterocycles. The van der Waals surface area contributed by atoms with Gasteiger partial charge in [0, 0.05) is 19.1 Å². The minimum Gasteiger partial charge on any atom is -0.374 e. The molecule has 2 atom stereocenters. The highest BCUT2D eigenvalue weighted by atomic mass is 16.5. The SMILES string of the molecule is CCN1CC(CN)OCC1C. The summed E-state index contributed by atoms with van der Waals surface area (Å²) in [5.41, 5.74) is 5.51. The Kier molecular flexibility index (Phi) is 3.30. The van der Waals surface area contributed by atoms with Crippen LogP contribution in [0, 0.1) is 0 Å². The van der Waals surface area contributed by atoms with Gasteiger partial charge in [0.1, 0.15) is 0 Å². The smallest absolute Gasteiger partial charge is 0.0824 e. The van der Waals surface area contributed by atoms with Crippen LogP contribution in [0.3, 0.4) is 0 Å². The Morgan fingerprint density at radius 1 is 1.64 bits per heavy atom. The average molecular weight is 158 g/mol. The van der Waals surface area contributed by atoms with Crippen molar-refractivity contribution in [2.45, 2.75) is 26.0 Å². The van der Waals surface area contributed by atoms with E-state index in [1.165, 1.54) is 0 Å². The zero-order valence-corrected chi connectivity index (χ0v) is 7.42. The molecule has 1 heterocycles. The Bertz CT molecular complexity index is 119. The molecule has 0 aliphatic carbocycles. The van der Waals surface area contributed by atoms with Crippen molar-refractivity contribution < 1.29 is 4.74 Å². The number of morpholine rings is 1. The van der Waals surface area contributed by atoms with Crippen molar-refractivity contribution in [3.63, 3.8) is 0 Å². The average Bonchev–Trinajstić information content (AvgIpc) is 2.05. The molecule has 0 amide bonds. The fourth-order valence-corrected chi connectivity index (χ4v) is 1.46. The molecule has 3 nitrogen and oxygen atoms in total. The standard InChI is InChI=1S/C8H18N2O/c1-3-10-5-8(4-9)11-6-7(10)2/h7-8H,3-6,9H2,1-2H3. The Labute approximate surface area is 68.5 Å². The number of likely N-dealkylation sites (N-methyl/N-ethyl adjacent to an activating group) is 1. The third-order valence-electron chi connectivity index (χ3n) is 2.30. The lowest BCUT2D eigenvalue weighted by Crippen LogP contribution is -2.50. The van der Waals surface area contributed by atoms with Crippen LogP contribution in [0.5, 0.6) is 0 Å². The normalized spacial score (nSPS) is 34.1. The maximum atomic E-state index is 5.51. The molecule has 1 aliphatic rings. The third kappa shape index (κ3) is 2.15. The number of nitrogens with zero attached hydrogens (tertiary/aromatic N) is 1. The maximum absolute atomic E-state index is 5.51. The van der Waals surface area contributed by atoms with Gasteiger partial charge in [-0.1, -0.05) is 6.92 Å². The molecule has 0 bridgehead atoms. The number of rotatable bonds is 2. The minimum atomic E-state index is 0.256. The topological polar surface area (TPSA) is 38.5 Å². The second-order valence-corrected chi connectivity index (χ2v) is 3.13. The summed E-state index contributed by atoms with van der Waals surface area (Å²) < 4.78 is 5.50. The van der Waals surface area contributed by atoms with Crippen molar-refractivity contribution in [1.82, 2.24) is 4.90 Å². The lowest BCUT2D eigenvalue weighted by Gasteiger charge is -2.36. The lowest BCUT2D eigenvalue weighted by atomic mass is 10.2. The van der Waals surface area contributed by atoms with Gasteiger partial charge in [0.2, 0.25) is 0 Å². The van der Waals surface area contributed by atoms with Gasteiger partial charge in [-0.15, -0.1) is 0 Å². The number of hydrogen-bond donors (Lipinski definition) is 1. The highest BCUT2D eigenvalue weighted by Crippen LogP contribution is 2.09. The first-order chi connectivity index (χ1) is 5.27. The van der Waals surface area contributed by atoms with Crippen LogP contribution in [0.2, 0.25) is 0 Å². The summed E-state index contributed by atoms with van der Waals surface area (Å²) in [6, 6.07) is 0.558. The van der Waals surface area contributed by atoms with Crippen LogP contribution in [0.1, 0.15) is 13.8 Å². The van der Waals surface area contributed by atoms with Gasteiger partial charge in [-0.3, -0.25) is 4.90 Å². The van der Waals surface area contributed by atoms with Crippen LogP contribution in [0.15, 0.2) is 0 Å². The summed E-state index contributed by atoms with van der Waals surface area (Å²) in [5, 5.41) is 0. The van der Waals surface area contributed by atoms with Gasteiger partial charge in [0.15, 0.2) is 0 Å². The van der Waals surface area contributed by atoms with E-state index in [1.807, 2.05) is 0 Å². The molecule has 0 spiro atoms. The monoisotopic (exact) mass is 158 g/mol. The van der Waals surface area contributed by atoms with Gasteiger partial charge in [-0.2, -0.15) is 0 Å². The zero-order valence-electron chi connectivity index (χ0n) is 7.42. The highest BCUT2D eigenvalue weighted by molar-refractivity contribution is 4.76. The second kappa shape index (κ2) is 4.04. The molecular formula is C8H18N2O. The van der Waals surface area contributed by atoms with Crippen LogP contribution >= 0.6 is 0 Å². The van der Waals surface area contributed by atoms with Crippen molar-refractivity contribution in [2.75, 3.05) is 26.2 Å². The van der Waals surface area contributed by atoms with E-state index in [0.717, 1.165) is 19.7 Å². The van der Waals surface area contributed by atoms with Crippen molar-refractivity contribution in [3.8, 4) is 0 Å². The maximum Gasteiger partial charge on any atom is 0.0824 e. The summed E-state index contributed by atoms with van der Waals surface area (Å²) in [7, 11) is 0. The predicted molar refractivity (Wildman–Crippen MR) is 45.5 cm³/mol. The van der Waals surface area contributed by atoms with E-state index in [4.69, 9.17) is 10.5 Å². The third-order valence-corrected chi connectivity index (χ3v) is 2.30. The molecule has 66 valence electrons. The van der Waals surface area contributed by atoms with Crippen molar-refractivity contribution in [1.29, 1.82) is 0 Å². The summed E-state index contributed by atoms with van der Waals surface area (Å²) in [6.45, 7) is 7.93. The molecular weight excluding hydrogens is 140 g/mol. The molecule has 1 fully saturated rings. The van der Waals surface area contributed by atoms with Crippen LogP contribution < -0.4 is 5.73 Å². The van der Waals surface area contributed by atoms with Gasteiger partial charge in [0.05, 0.1) is 12.7 Å². The van der Waals surface area contributed by atoms with E-state index in [-0.39, 0.29) is 6.10 Å². The van der Waals surface area contributed by atoms with Gasteiger partial charge >= 0.3 is 0 Å². The van der Waals surface area contributed by atoms with Gasteiger partial charge in [0.25, 0.3) is 0 Å². The summed E-state index contributed by atoms with van der Waals surface area (Å²) >= 11 is 0. The van der Waals surface area contributed by atoms with Crippen LogP contribution in [0.4, 0.5) is 0 Å². The number of nitrogens with two attached hydrogens (primary N) is 1.